The maximum atomic E-state index is 13.4. The minimum atomic E-state index is -1.17. The fraction of sp³-hybridized carbons (Fsp3) is 0.235. The van der Waals surface area contributed by atoms with Crippen LogP contribution >= 0.6 is 11.3 Å². The molecule has 0 saturated carbocycles. The van der Waals surface area contributed by atoms with E-state index in [9.17, 15) is 19.1 Å². The van der Waals surface area contributed by atoms with Gasteiger partial charge in [-0.2, -0.15) is 0 Å². The van der Waals surface area contributed by atoms with Crippen molar-refractivity contribution in [3.63, 3.8) is 0 Å². The summed E-state index contributed by atoms with van der Waals surface area (Å²) in [7, 11) is 1.54. The summed E-state index contributed by atoms with van der Waals surface area (Å²) in [6.45, 7) is 0.464. The van der Waals surface area contributed by atoms with Crippen LogP contribution in [0.3, 0.4) is 0 Å². The van der Waals surface area contributed by atoms with Gasteiger partial charge in [0.1, 0.15) is 16.5 Å². The molecule has 130 valence electrons. The van der Waals surface area contributed by atoms with E-state index in [0.29, 0.717) is 29.2 Å². The monoisotopic (exact) mass is 362 g/mol. The molecule has 0 aliphatic carbocycles. The first-order valence-corrected chi connectivity index (χ1v) is 8.37. The van der Waals surface area contributed by atoms with Gasteiger partial charge in [0.25, 0.3) is 5.56 Å². The molecule has 3 aromatic rings. The number of hydrogen-bond donors (Lipinski definition) is 1. The Kier molecular flexibility index (Phi) is 4.91. The van der Waals surface area contributed by atoms with Crippen molar-refractivity contribution in [2.45, 2.75) is 13.0 Å². The molecule has 3 rings (SSSR count). The van der Waals surface area contributed by atoms with E-state index in [-0.39, 0.29) is 17.5 Å². The molecular formula is C17H15FN2O4S. The second kappa shape index (κ2) is 7.12. The molecule has 1 aromatic carbocycles. The first-order chi connectivity index (χ1) is 12.0. The van der Waals surface area contributed by atoms with Crippen LogP contribution in [0.25, 0.3) is 10.2 Å². The van der Waals surface area contributed by atoms with E-state index in [1.807, 2.05) is 0 Å². The second-order valence-electron chi connectivity index (χ2n) is 5.43. The third-order valence-corrected chi connectivity index (χ3v) is 4.63. The Morgan fingerprint density at radius 2 is 2.24 bits per heavy atom. The second-order valence-corrected chi connectivity index (χ2v) is 6.28. The van der Waals surface area contributed by atoms with Crippen LogP contribution in [-0.2, 0) is 17.7 Å². The number of methoxy groups -OCH3 is 1. The van der Waals surface area contributed by atoms with E-state index < -0.39 is 17.3 Å². The van der Waals surface area contributed by atoms with Crippen LogP contribution < -0.4 is 5.56 Å². The number of ether oxygens (including phenoxy) is 1. The van der Waals surface area contributed by atoms with Gasteiger partial charge in [-0.15, -0.1) is 11.3 Å². The van der Waals surface area contributed by atoms with Crippen molar-refractivity contribution in [3.8, 4) is 0 Å². The van der Waals surface area contributed by atoms with Crippen LogP contribution in [0.4, 0.5) is 4.39 Å². The number of rotatable bonds is 6. The Morgan fingerprint density at radius 1 is 1.44 bits per heavy atom. The van der Waals surface area contributed by atoms with Crippen molar-refractivity contribution in [2.75, 3.05) is 13.7 Å². The van der Waals surface area contributed by atoms with Crippen LogP contribution in [0.15, 0.2) is 34.4 Å². The summed E-state index contributed by atoms with van der Waals surface area (Å²) in [4.78, 5) is 29.1. The van der Waals surface area contributed by atoms with E-state index in [1.54, 1.807) is 19.2 Å². The SMILES string of the molecule is COCCc1nc2scc(C(=O)O)c2c(=O)n1Cc1cccc(F)c1. The maximum Gasteiger partial charge on any atom is 0.337 e. The summed E-state index contributed by atoms with van der Waals surface area (Å²) in [6, 6.07) is 5.92. The Bertz CT molecular complexity index is 996. The summed E-state index contributed by atoms with van der Waals surface area (Å²) >= 11 is 1.12. The molecule has 0 bridgehead atoms. The molecule has 0 aliphatic rings. The normalized spacial score (nSPS) is 11.1. The highest BCUT2D eigenvalue weighted by Crippen LogP contribution is 2.22. The molecule has 25 heavy (non-hydrogen) atoms. The highest BCUT2D eigenvalue weighted by atomic mass is 32.1. The molecule has 0 atom stereocenters. The predicted octanol–water partition coefficient (Wildman–Crippen LogP) is 2.53. The van der Waals surface area contributed by atoms with Gasteiger partial charge in [0.05, 0.1) is 24.1 Å². The molecule has 2 aromatic heterocycles. The van der Waals surface area contributed by atoms with Gasteiger partial charge in [0.2, 0.25) is 0 Å². The minimum Gasteiger partial charge on any atom is -0.478 e. The fourth-order valence-electron chi connectivity index (χ4n) is 2.59. The first kappa shape index (κ1) is 17.2. The quantitative estimate of drug-likeness (QED) is 0.729. The fourth-order valence-corrected chi connectivity index (χ4v) is 3.51. The number of benzene rings is 1. The van der Waals surface area contributed by atoms with Gasteiger partial charge >= 0.3 is 5.97 Å². The number of carboxylic acid groups (broad SMARTS) is 1. The number of carboxylic acids is 1. The lowest BCUT2D eigenvalue weighted by Gasteiger charge is -2.12. The number of thiophene rings is 1. The van der Waals surface area contributed by atoms with Gasteiger partial charge in [0.15, 0.2) is 0 Å². The molecule has 0 radical (unpaired) electrons. The standard InChI is InChI=1S/C17H15FN2O4S/c1-24-6-5-13-19-15-14(12(9-25-15)17(22)23)16(21)20(13)8-10-3-2-4-11(18)7-10/h2-4,7,9H,5-6,8H2,1H3,(H,22,23). The zero-order valence-electron chi connectivity index (χ0n) is 13.4. The van der Waals surface area contributed by atoms with Gasteiger partial charge in [-0.25, -0.2) is 14.2 Å². The summed E-state index contributed by atoms with van der Waals surface area (Å²) in [5, 5.41) is 10.8. The number of nitrogens with zero attached hydrogens (tertiary/aromatic N) is 2. The summed E-state index contributed by atoms with van der Waals surface area (Å²) in [5.74, 6) is -1.10. The van der Waals surface area contributed by atoms with E-state index in [0.717, 1.165) is 11.3 Å². The van der Waals surface area contributed by atoms with Gasteiger partial charge < -0.3 is 9.84 Å². The lowest BCUT2D eigenvalue weighted by atomic mass is 10.2. The average Bonchev–Trinajstić information content (AvgIpc) is 3.00. The van der Waals surface area contributed by atoms with Crippen molar-refractivity contribution in [1.29, 1.82) is 0 Å². The molecule has 0 aliphatic heterocycles. The molecular weight excluding hydrogens is 347 g/mol. The van der Waals surface area contributed by atoms with Crippen LogP contribution in [0.2, 0.25) is 0 Å². The van der Waals surface area contributed by atoms with E-state index >= 15 is 0 Å². The van der Waals surface area contributed by atoms with E-state index in [4.69, 9.17) is 4.74 Å². The Hall–Kier alpha value is -2.58. The third-order valence-electron chi connectivity index (χ3n) is 3.76. The Balaban J connectivity index is 2.18. The maximum absolute atomic E-state index is 13.4. The Labute approximate surface area is 146 Å². The third kappa shape index (κ3) is 3.45. The van der Waals surface area contributed by atoms with Crippen LogP contribution in [0.5, 0.6) is 0 Å². The highest BCUT2D eigenvalue weighted by Gasteiger charge is 2.19. The lowest BCUT2D eigenvalue weighted by Crippen LogP contribution is -2.27. The molecule has 1 N–H and O–H groups in total. The zero-order chi connectivity index (χ0) is 18.0. The van der Waals surface area contributed by atoms with Crippen LogP contribution in [-0.4, -0.2) is 34.3 Å². The van der Waals surface area contributed by atoms with Crippen molar-refractivity contribution in [3.05, 3.63) is 62.8 Å². The lowest BCUT2D eigenvalue weighted by molar-refractivity contribution is 0.0699. The van der Waals surface area contributed by atoms with Crippen LogP contribution in [0.1, 0.15) is 21.7 Å². The molecule has 0 spiro atoms. The number of halogens is 1. The van der Waals surface area contributed by atoms with Gasteiger partial charge in [-0.1, -0.05) is 12.1 Å². The molecule has 6 nitrogen and oxygen atoms in total. The van der Waals surface area contributed by atoms with Gasteiger partial charge in [-0.05, 0) is 17.7 Å². The predicted molar refractivity (Wildman–Crippen MR) is 91.9 cm³/mol. The van der Waals surface area contributed by atoms with Crippen molar-refractivity contribution >= 4 is 27.5 Å². The molecule has 0 saturated heterocycles. The van der Waals surface area contributed by atoms with Gasteiger partial charge in [-0.3, -0.25) is 9.36 Å². The number of carbonyl (C=O) groups is 1. The van der Waals surface area contributed by atoms with Crippen molar-refractivity contribution in [1.82, 2.24) is 9.55 Å². The smallest absolute Gasteiger partial charge is 0.337 e. The van der Waals surface area contributed by atoms with Gasteiger partial charge in [0, 0.05) is 18.9 Å². The molecule has 0 unspecified atom stereocenters. The molecule has 8 heteroatoms. The summed E-state index contributed by atoms with van der Waals surface area (Å²) in [6.07, 6.45) is 0.386. The molecule has 2 heterocycles. The largest absolute Gasteiger partial charge is 0.478 e. The number of aromatic carboxylic acids is 1. The zero-order valence-corrected chi connectivity index (χ0v) is 14.2. The van der Waals surface area contributed by atoms with Crippen LogP contribution in [0, 0.1) is 5.82 Å². The van der Waals surface area contributed by atoms with Crippen molar-refractivity contribution in [2.24, 2.45) is 0 Å². The summed E-state index contributed by atoms with van der Waals surface area (Å²) < 4.78 is 19.9. The minimum absolute atomic E-state index is 0.0659. The number of aromatic nitrogens is 2. The average molecular weight is 362 g/mol. The number of fused-ring (bicyclic) bond motifs is 1. The molecule has 0 fully saturated rings. The molecule has 0 amide bonds. The number of hydrogen-bond acceptors (Lipinski definition) is 5. The van der Waals surface area contributed by atoms with E-state index in [2.05, 4.69) is 4.98 Å². The summed E-state index contributed by atoms with van der Waals surface area (Å²) in [5.41, 5.74) is 0.0804. The highest BCUT2D eigenvalue weighted by molar-refractivity contribution is 7.17. The first-order valence-electron chi connectivity index (χ1n) is 7.49. The van der Waals surface area contributed by atoms with E-state index in [1.165, 1.54) is 22.1 Å². The topological polar surface area (TPSA) is 81.4 Å². The van der Waals surface area contributed by atoms with Crippen molar-refractivity contribution < 1.29 is 19.0 Å². The Morgan fingerprint density at radius 3 is 2.92 bits per heavy atom.